The standard InChI is InChI=1S/C13H17N3O2/c1-3-16(4-2)13(17)15-11-5-7-12(8-6-11)18-10-9-14/h5-8H,3-4,10H2,1-2H3,(H,15,17). The molecule has 0 bridgehead atoms. The van der Waals surface area contributed by atoms with E-state index >= 15 is 0 Å². The van der Waals surface area contributed by atoms with Crippen LogP contribution >= 0.6 is 0 Å². The smallest absolute Gasteiger partial charge is 0.321 e. The summed E-state index contributed by atoms with van der Waals surface area (Å²) in [6.45, 7) is 5.23. The van der Waals surface area contributed by atoms with Crippen molar-refractivity contribution < 1.29 is 9.53 Å². The van der Waals surface area contributed by atoms with Gasteiger partial charge in [0.2, 0.25) is 0 Å². The quantitative estimate of drug-likeness (QED) is 0.869. The highest BCUT2D eigenvalue weighted by Crippen LogP contribution is 2.15. The monoisotopic (exact) mass is 247 g/mol. The third kappa shape index (κ3) is 3.98. The molecule has 0 aliphatic heterocycles. The van der Waals surface area contributed by atoms with E-state index in [-0.39, 0.29) is 12.6 Å². The number of benzene rings is 1. The molecule has 0 atom stereocenters. The lowest BCUT2D eigenvalue weighted by Crippen LogP contribution is -2.34. The Bertz CT molecular complexity index is 419. The topological polar surface area (TPSA) is 65.4 Å². The molecule has 0 aliphatic rings. The summed E-state index contributed by atoms with van der Waals surface area (Å²) in [7, 11) is 0. The number of anilines is 1. The van der Waals surface area contributed by atoms with Crippen molar-refractivity contribution in [2.45, 2.75) is 13.8 Å². The molecular formula is C13H17N3O2. The number of nitrogens with zero attached hydrogens (tertiary/aromatic N) is 2. The molecular weight excluding hydrogens is 230 g/mol. The van der Waals surface area contributed by atoms with E-state index in [1.165, 1.54) is 0 Å². The molecule has 0 aromatic heterocycles. The maximum Gasteiger partial charge on any atom is 0.321 e. The minimum absolute atomic E-state index is 0.0190. The van der Waals surface area contributed by atoms with Crippen LogP contribution in [0.2, 0.25) is 0 Å². The molecule has 1 N–H and O–H groups in total. The molecule has 18 heavy (non-hydrogen) atoms. The first-order chi connectivity index (χ1) is 8.71. The van der Waals surface area contributed by atoms with Crippen LogP contribution in [0, 0.1) is 11.3 Å². The highest BCUT2D eigenvalue weighted by Gasteiger charge is 2.08. The molecule has 96 valence electrons. The van der Waals surface area contributed by atoms with E-state index in [1.54, 1.807) is 29.2 Å². The lowest BCUT2D eigenvalue weighted by molar-refractivity contribution is 0.217. The van der Waals surface area contributed by atoms with Crippen molar-refractivity contribution in [1.29, 1.82) is 5.26 Å². The Morgan fingerprint density at radius 3 is 2.44 bits per heavy atom. The van der Waals surface area contributed by atoms with Crippen LogP contribution in [-0.2, 0) is 0 Å². The van der Waals surface area contributed by atoms with E-state index in [0.29, 0.717) is 24.5 Å². The molecule has 0 radical (unpaired) electrons. The van der Waals surface area contributed by atoms with Gasteiger partial charge in [0.15, 0.2) is 6.61 Å². The zero-order valence-corrected chi connectivity index (χ0v) is 10.6. The van der Waals surface area contributed by atoms with Crippen LogP contribution < -0.4 is 10.1 Å². The van der Waals surface area contributed by atoms with Gasteiger partial charge >= 0.3 is 6.03 Å². The number of hydrogen-bond donors (Lipinski definition) is 1. The number of rotatable bonds is 5. The largest absolute Gasteiger partial charge is 0.479 e. The normalized spacial score (nSPS) is 9.39. The summed E-state index contributed by atoms with van der Waals surface area (Å²) >= 11 is 0. The SMILES string of the molecule is CCN(CC)C(=O)Nc1ccc(OCC#N)cc1. The Morgan fingerprint density at radius 2 is 1.94 bits per heavy atom. The minimum Gasteiger partial charge on any atom is -0.479 e. The molecule has 0 heterocycles. The van der Waals surface area contributed by atoms with Crippen LogP contribution in [0.25, 0.3) is 0 Å². The summed E-state index contributed by atoms with van der Waals surface area (Å²) in [6.07, 6.45) is 0. The van der Waals surface area contributed by atoms with Crippen molar-refractivity contribution in [2.24, 2.45) is 0 Å². The van der Waals surface area contributed by atoms with E-state index in [1.807, 2.05) is 19.9 Å². The van der Waals surface area contributed by atoms with Gasteiger partial charge in [0.1, 0.15) is 11.8 Å². The third-order valence-electron chi connectivity index (χ3n) is 2.46. The predicted octanol–water partition coefficient (Wildman–Crippen LogP) is 2.46. The first kappa shape index (κ1) is 13.8. The van der Waals surface area contributed by atoms with Crippen LogP contribution in [0.15, 0.2) is 24.3 Å². The summed E-state index contributed by atoms with van der Waals surface area (Å²) in [6, 6.07) is 8.70. The van der Waals surface area contributed by atoms with Crippen molar-refractivity contribution in [3.63, 3.8) is 0 Å². The van der Waals surface area contributed by atoms with Crippen molar-refractivity contribution in [2.75, 3.05) is 25.0 Å². The molecule has 0 unspecified atom stereocenters. The zero-order chi connectivity index (χ0) is 13.4. The number of carbonyl (C=O) groups is 1. The van der Waals surface area contributed by atoms with Crippen molar-refractivity contribution in [1.82, 2.24) is 4.90 Å². The van der Waals surface area contributed by atoms with E-state index in [4.69, 9.17) is 10.00 Å². The van der Waals surface area contributed by atoms with Gasteiger partial charge in [-0.2, -0.15) is 5.26 Å². The molecule has 1 aromatic carbocycles. The fourth-order valence-corrected chi connectivity index (χ4v) is 1.46. The molecule has 0 spiro atoms. The maximum absolute atomic E-state index is 11.8. The minimum atomic E-state index is -0.120. The second-order valence-electron chi connectivity index (χ2n) is 3.57. The Morgan fingerprint density at radius 1 is 1.33 bits per heavy atom. The Labute approximate surface area is 107 Å². The molecule has 0 aliphatic carbocycles. The van der Waals surface area contributed by atoms with Crippen LogP contribution in [0.5, 0.6) is 5.75 Å². The van der Waals surface area contributed by atoms with Crippen LogP contribution in [0.1, 0.15) is 13.8 Å². The molecule has 0 saturated carbocycles. The van der Waals surface area contributed by atoms with Gasteiger partial charge in [0.05, 0.1) is 0 Å². The van der Waals surface area contributed by atoms with E-state index in [2.05, 4.69) is 5.32 Å². The van der Waals surface area contributed by atoms with Crippen LogP contribution in [0.3, 0.4) is 0 Å². The molecule has 1 aromatic rings. The lowest BCUT2D eigenvalue weighted by atomic mass is 10.3. The van der Waals surface area contributed by atoms with Crippen LogP contribution in [-0.4, -0.2) is 30.6 Å². The van der Waals surface area contributed by atoms with E-state index < -0.39 is 0 Å². The molecule has 5 heteroatoms. The number of hydrogen-bond acceptors (Lipinski definition) is 3. The van der Waals surface area contributed by atoms with Gasteiger partial charge < -0.3 is 15.0 Å². The van der Waals surface area contributed by atoms with Gasteiger partial charge in [-0.25, -0.2) is 4.79 Å². The number of nitrogens with one attached hydrogen (secondary N) is 1. The van der Waals surface area contributed by atoms with E-state index in [9.17, 15) is 4.79 Å². The lowest BCUT2D eigenvalue weighted by Gasteiger charge is -2.19. The molecule has 5 nitrogen and oxygen atoms in total. The first-order valence-electron chi connectivity index (χ1n) is 5.87. The van der Waals surface area contributed by atoms with Gasteiger partial charge in [-0.15, -0.1) is 0 Å². The Kier molecular flexibility index (Phi) is 5.52. The third-order valence-corrected chi connectivity index (χ3v) is 2.46. The number of urea groups is 1. The summed E-state index contributed by atoms with van der Waals surface area (Å²) in [5.41, 5.74) is 0.705. The number of carbonyl (C=O) groups excluding carboxylic acids is 1. The average molecular weight is 247 g/mol. The van der Waals surface area contributed by atoms with E-state index in [0.717, 1.165) is 0 Å². The fraction of sp³-hybridized carbons (Fsp3) is 0.385. The van der Waals surface area contributed by atoms with Crippen LogP contribution in [0.4, 0.5) is 10.5 Å². The summed E-state index contributed by atoms with van der Waals surface area (Å²) < 4.78 is 5.12. The van der Waals surface area contributed by atoms with Crippen molar-refractivity contribution in [3.8, 4) is 11.8 Å². The summed E-state index contributed by atoms with van der Waals surface area (Å²) in [4.78, 5) is 13.5. The van der Waals surface area contributed by atoms with Gasteiger partial charge in [0, 0.05) is 18.8 Å². The Hall–Kier alpha value is -2.22. The highest BCUT2D eigenvalue weighted by atomic mass is 16.5. The van der Waals surface area contributed by atoms with Gasteiger partial charge in [0.25, 0.3) is 0 Å². The second kappa shape index (κ2) is 7.17. The molecule has 0 fully saturated rings. The van der Waals surface area contributed by atoms with Gasteiger partial charge in [-0.05, 0) is 38.1 Å². The molecule has 0 saturated heterocycles. The average Bonchev–Trinajstić information content (AvgIpc) is 2.39. The number of amides is 2. The predicted molar refractivity (Wildman–Crippen MR) is 69.5 cm³/mol. The molecule has 2 amide bonds. The zero-order valence-electron chi connectivity index (χ0n) is 10.6. The number of nitriles is 1. The summed E-state index contributed by atoms with van der Waals surface area (Å²) in [5.74, 6) is 0.609. The highest BCUT2D eigenvalue weighted by molar-refractivity contribution is 5.89. The van der Waals surface area contributed by atoms with Crippen molar-refractivity contribution in [3.05, 3.63) is 24.3 Å². The summed E-state index contributed by atoms with van der Waals surface area (Å²) in [5, 5.41) is 11.2. The second-order valence-corrected chi connectivity index (χ2v) is 3.57. The van der Waals surface area contributed by atoms with Crippen molar-refractivity contribution >= 4 is 11.7 Å². The van der Waals surface area contributed by atoms with Gasteiger partial charge in [-0.3, -0.25) is 0 Å². The Balaban J connectivity index is 2.58. The fourth-order valence-electron chi connectivity index (χ4n) is 1.46. The first-order valence-corrected chi connectivity index (χ1v) is 5.87. The maximum atomic E-state index is 11.8. The van der Waals surface area contributed by atoms with Gasteiger partial charge in [-0.1, -0.05) is 0 Å². The molecule has 1 rings (SSSR count). The number of ether oxygens (including phenoxy) is 1.